The van der Waals surface area contributed by atoms with Crippen LogP contribution in [0.25, 0.3) is 10.9 Å². The number of benzene rings is 2. The summed E-state index contributed by atoms with van der Waals surface area (Å²) in [5, 5.41) is 5.62. The zero-order valence-corrected chi connectivity index (χ0v) is 25.2. The van der Waals surface area contributed by atoms with E-state index in [-0.39, 0.29) is 12.0 Å². The van der Waals surface area contributed by atoms with Gasteiger partial charge in [-0.25, -0.2) is 4.98 Å². The molecule has 0 aliphatic carbocycles. The van der Waals surface area contributed by atoms with Gasteiger partial charge < -0.3 is 24.0 Å². The summed E-state index contributed by atoms with van der Waals surface area (Å²) in [5.74, 6) is 2.38. The molecule has 4 heterocycles. The summed E-state index contributed by atoms with van der Waals surface area (Å²) >= 11 is 1.71. The minimum atomic E-state index is -0.290. The van der Waals surface area contributed by atoms with Crippen LogP contribution in [0.3, 0.4) is 0 Å². The van der Waals surface area contributed by atoms with Gasteiger partial charge in [-0.15, -0.1) is 11.8 Å². The molecule has 220 valence electrons. The van der Waals surface area contributed by atoms with Crippen LogP contribution in [0, 0.1) is 13.8 Å². The summed E-state index contributed by atoms with van der Waals surface area (Å²) < 4.78 is 19.8. The molecule has 1 fully saturated rings. The molecule has 2 aromatic carbocycles. The topological polar surface area (TPSA) is 82.0 Å². The SMILES string of the molecule is CSc1ccc2cc(CN(CC3COc4ccccc4O3)C(=O)CCn3nc(C)cc3C)c(N3CCOCC3)nc2c1. The average molecular weight is 588 g/mol. The van der Waals surface area contributed by atoms with Gasteiger partial charge in [0.1, 0.15) is 12.4 Å². The number of hydrogen-bond acceptors (Lipinski definition) is 8. The highest BCUT2D eigenvalue weighted by molar-refractivity contribution is 7.98. The Bertz CT molecular complexity index is 1570. The first kappa shape index (κ1) is 28.4. The Morgan fingerprint density at radius 1 is 1.07 bits per heavy atom. The zero-order chi connectivity index (χ0) is 29.1. The van der Waals surface area contributed by atoms with Crippen LogP contribution in [0.1, 0.15) is 23.4 Å². The van der Waals surface area contributed by atoms with Crippen LogP contribution >= 0.6 is 11.8 Å². The number of hydrogen-bond donors (Lipinski definition) is 0. The van der Waals surface area contributed by atoms with Gasteiger partial charge in [0.15, 0.2) is 17.6 Å². The van der Waals surface area contributed by atoms with Gasteiger partial charge in [-0.2, -0.15) is 5.10 Å². The Morgan fingerprint density at radius 2 is 1.88 bits per heavy atom. The van der Waals surface area contributed by atoms with Gasteiger partial charge in [-0.1, -0.05) is 18.2 Å². The van der Waals surface area contributed by atoms with Gasteiger partial charge in [0.2, 0.25) is 5.91 Å². The molecule has 0 saturated carbocycles. The maximum atomic E-state index is 13.9. The summed E-state index contributed by atoms with van der Waals surface area (Å²) in [4.78, 5) is 24.4. The lowest BCUT2D eigenvalue weighted by atomic mass is 10.1. The highest BCUT2D eigenvalue weighted by Crippen LogP contribution is 2.32. The number of fused-ring (bicyclic) bond motifs is 2. The molecule has 10 heteroatoms. The molecule has 0 radical (unpaired) electrons. The van der Waals surface area contributed by atoms with Crippen molar-refractivity contribution in [3.63, 3.8) is 0 Å². The summed E-state index contributed by atoms with van der Waals surface area (Å²) in [7, 11) is 0. The predicted octanol–water partition coefficient (Wildman–Crippen LogP) is 4.87. The molecule has 6 rings (SSSR count). The fraction of sp³-hybridized carbons (Fsp3) is 0.406. The molecule has 2 aromatic heterocycles. The number of rotatable bonds is 9. The van der Waals surface area contributed by atoms with E-state index in [0.29, 0.717) is 51.6 Å². The third kappa shape index (κ3) is 6.34. The maximum Gasteiger partial charge on any atom is 0.224 e. The quantitative estimate of drug-likeness (QED) is 0.257. The van der Waals surface area contributed by atoms with Crippen molar-refractivity contribution in [2.45, 2.75) is 44.4 Å². The van der Waals surface area contributed by atoms with E-state index in [2.05, 4.69) is 40.5 Å². The van der Waals surface area contributed by atoms with Crippen molar-refractivity contribution in [3.05, 3.63) is 71.5 Å². The van der Waals surface area contributed by atoms with E-state index in [1.54, 1.807) is 11.8 Å². The van der Waals surface area contributed by atoms with Crippen molar-refractivity contribution >= 4 is 34.4 Å². The maximum absolute atomic E-state index is 13.9. The van der Waals surface area contributed by atoms with Crippen molar-refractivity contribution in [2.24, 2.45) is 0 Å². The molecule has 2 aliphatic rings. The van der Waals surface area contributed by atoms with Crippen LogP contribution in [0.5, 0.6) is 11.5 Å². The molecule has 2 aliphatic heterocycles. The molecule has 1 atom stereocenters. The Morgan fingerprint density at radius 3 is 2.64 bits per heavy atom. The molecule has 4 aromatic rings. The van der Waals surface area contributed by atoms with Crippen molar-refractivity contribution in [2.75, 3.05) is 50.6 Å². The molecule has 9 nitrogen and oxygen atoms in total. The first-order chi connectivity index (χ1) is 20.5. The number of anilines is 1. The second kappa shape index (κ2) is 12.6. The highest BCUT2D eigenvalue weighted by Gasteiger charge is 2.28. The number of ether oxygens (including phenoxy) is 3. The van der Waals surface area contributed by atoms with Gasteiger partial charge in [0.25, 0.3) is 0 Å². The fourth-order valence-corrected chi connectivity index (χ4v) is 6.03. The van der Waals surface area contributed by atoms with E-state index in [1.807, 2.05) is 53.8 Å². The lowest BCUT2D eigenvalue weighted by Crippen LogP contribution is -2.44. The molecule has 1 unspecified atom stereocenters. The summed E-state index contributed by atoms with van der Waals surface area (Å²) in [6, 6.07) is 18.3. The Labute approximate surface area is 250 Å². The normalized spacial score (nSPS) is 16.5. The molecule has 0 spiro atoms. The van der Waals surface area contributed by atoms with E-state index < -0.39 is 0 Å². The Kier molecular flexibility index (Phi) is 8.53. The number of nitrogens with zero attached hydrogens (tertiary/aromatic N) is 5. The molecule has 0 N–H and O–H groups in total. The van der Waals surface area contributed by atoms with Gasteiger partial charge in [0, 0.05) is 54.1 Å². The zero-order valence-electron chi connectivity index (χ0n) is 24.4. The summed E-state index contributed by atoms with van der Waals surface area (Å²) in [6.45, 7) is 8.53. The lowest BCUT2D eigenvalue weighted by Gasteiger charge is -2.34. The molecule has 0 bridgehead atoms. The largest absolute Gasteiger partial charge is 0.486 e. The average Bonchev–Trinajstić information content (AvgIpc) is 3.35. The van der Waals surface area contributed by atoms with Gasteiger partial charge >= 0.3 is 0 Å². The standard InChI is InChI=1S/C32H37N5O4S/c1-22-16-23(2)37(34-22)11-10-31(38)36(20-26-21-40-29-6-4-5-7-30(29)41-26)19-25-17-24-8-9-27(42-3)18-28(24)33-32(25)35-12-14-39-15-13-35/h4-9,16-18,26H,10-15,19-21H2,1-3H3. The van der Waals surface area contributed by atoms with Gasteiger partial charge in [-0.05, 0) is 56.5 Å². The number of aromatic nitrogens is 3. The highest BCUT2D eigenvalue weighted by atomic mass is 32.2. The number of pyridine rings is 1. The van der Waals surface area contributed by atoms with Crippen LogP contribution in [-0.4, -0.2) is 77.4 Å². The Balaban J connectivity index is 1.31. The Hall–Kier alpha value is -3.76. The number of thioether (sulfide) groups is 1. The van der Waals surface area contributed by atoms with Crippen molar-refractivity contribution in [1.29, 1.82) is 0 Å². The first-order valence-corrected chi connectivity index (χ1v) is 15.7. The third-order valence-corrected chi connectivity index (χ3v) is 8.46. The second-order valence-electron chi connectivity index (χ2n) is 10.8. The molecular weight excluding hydrogens is 550 g/mol. The second-order valence-corrected chi connectivity index (χ2v) is 11.7. The van der Waals surface area contributed by atoms with Crippen LogP contribution in [0.2, 0.25) is 0 Å². The van der Waals surface area contributed by atoms with Crippen molar-refractivity contribution in [3.8, 4) is 11.5 Å². The minimum Gasteiger partial charge on any atom is -0.486 e. The number of carbonyl (C=O) groups is 1. The van der Waals surface area contributed by atoms with Crippen LogP contribution in [0.4, 0.5) is 5.82 Å². The lowest BCUT2D eigenvalue weighted by molar-refractivity contribution is -0.133. The molecule has 1 saturated heterocycles. The molecule has 1 amide bonds. The van der Waals surface area contributed by atoms with E-state index >= 15 is 0 Å². The van der Waals surface area contributed by atoms with Gasteiger partial charge in [-0.3, -0.25) is 9.48 Å². The summed E-state index contributed by atoms with van der Waals surface area (Å²) in [6.07, 6.45) is 2.11. The fourth-order valence-electron chi connectivity index (χ4n) is 5.59. The number of morpholine rings is 1. The predicted molar refractivity (Wildman–Crippen MR) is 165 cm³/mol. The van der Waals surface area contributed by atoms with E-state index in [4.69, 9.17) is 19.2 Å². The number of aryl methyl sites for hydroxylation is 3. The smallest absolute Gasteiger partial charge is 0.224 e. The monoisotopic (exact) mass is 587 g/mol. The molecular formula is C32H37N5O4S. The number of carbonyl (C=O) groups excluding carboxylic acids is 1. The third-order valence-electron chi connectivity index (χ3n) is 7.74. The van der Waals surface area contributed by atoms with Crippen molar-refractivity contribution in [1.82, 2.24) is 19.7 Å². The van der Waals surface area contributed by atoms with E-state index in [9.17, 15) is 4.79 Å². The van der Waals surface area contributed by atoms with Crippen LogP contribution in [0.15, 0.2) is 59.5 Å². The van der Waals surface area contributed by atoms with Gasteiger partial charge in [0.05, 0.1) is 31.0 Å². The molecule has 42 heavy (non-hydrogen) atoms. The first-order valence-electron chi connectivity index (χ1n) is 14.4. The summed E-state index contributed by atoms with van der Waals surface area (Å²) in [5.41, 5.74) is 3.96. The minimum absolute atomic E-state index is 0.0377. The van der Waals surface area contributed by atoms with Crippen LogP contribution in [-0.2, 0) is 22.6 Å². The van der Waals surface area contributed by atoms with E-state index in [1.165, 1.54) is 4.90 Å². The van der Waals surface area contributed by atoms with E-state index in [0.717, 1.165) is 52.5 Å². The number of para-hydroxylation sites is 2. The van der Waals surface area contributed by atoms with Crippen molar-refractivity contribution < 1.29 is 19.0 Å². The number of amides is 1. The van der Waals surface area contributed by atoms with Crippen LogP contribution < -0.4 is 14.4 Å².